The van der Waals surface area contributed by atoms with Crippen LogP contribution in [0.2, 0.25) is 0 Å². The van der Waals surface area contributed by atoms with Crippen LogP contribution in [0.1, 0.15) is 12.7 Å². The van der Waals surface area contributed by atoms with E-state index in [4.69, 9.17) is 17.0 Å². The molecule has 3 aromatic rings. The molecule has 24 heavy (non-hydrogen) atoms. The Labute approximate surface area is 145 Å². The maximum atomic E-state index is 5.44. The van der Waals surface area contributed by atoms with Gasteiger partial charge in [0.1, 0.15) is 17.3 Å². The summed E-state index contributed by atoms with van der Waals surface area (Å²) in [5.74, 6) is 1.66. The third-order valence-corrected chi connectivity index (χ3v) is 3.98. The number of aromatic nitrogens is 3. The van der Waals surface area contributed by atoms with Crippen LogP contribution in [0.5, 0.6) is 5.75 Å². The lowest BCUT2D eigenvalue weighted by atomic mass is 10.2. The molecule has 0 bridgehead atoms. The van der Waals surface area contributed by atoms with Crippen LogP contribution >= 0.6 is 12.2 Å². The molecule has 0 atom stereocenters. The standard InChI is InChI=1S/C17H19N5OS/c1-4-22-11(2)19-12-6-5-7-13(16(12)22)20-17(24)21-14-10-18-9-8-15(14)23-3/h5-10H,4H2,1-3H3,(H2,20,21,24). The van der Waals surface area contributed by atoms with E-state index in [1.165, 1.54) is 0 Å². The Balaban J connectivity index is 1.88. The quantitative estimate of drug-likeness (QED) is 0.707. The molecule has 0 aliphatic rings. The summed E-state index contributed by atoms with van der Waals surface area (Å²) in [5, 5.41) is 6.84. The average Bonchev–Trinajstić information content (AvgIpc) is 2.91. The van der Waals surface area contributed by atoms with E-state index in [9.17, 15) is 0 Å². The number of para-hydroxylation sites is 1. The molecule has 6 nitrogen and oxygen atoms in total. The molecule has 3 rings (SSSR count). The molecule has 0 amide bonds. The fourth-order valence-corrected chi connectivity index (χ4v) is 2.94. The van der Waals surface area contributed by atoms with Crippen molar-refractivity contribution in [1.82, 2.24) is 14.5 Å². The lowest BCUT2D eigenvalue weighted by Gasteiger charge is -2.14. The first-order chi connectivity index (χ1) is 11.6. The van der Waals surface area contributed by atoms with E-state index in [2.05, 4.69) is 32.1 Å². The predicted molar refractivity (Wildman–Crippen MR) is 101 cm³/mol. The molecule has 124 valence electrons. The third-order valence-electron chi connectivity index (χ3n) is 3.77. The van der Waals surface area contributed by atoms with Crippen LogP contribution < -0.4 is 15.4 Å². The summed E-state index contributed by atoms with van der Waals surface area (Å²) in [6.07, 6.45) is 3.34. The van der Waals surface area contributed by atoms with Gasteiger partial charge in [0.15, 0.2) is 5.11 Å². The van der Waals surface area contributed by atoms with Crippen molar-refractivity contribution in [3.63, 3.8) is 0 Å². The zero-order chi connectivity index (χ0) is 17.1. The molecule has 0 aliphatic carbocycles. The molecule has 2 N–H and O–H groups in total. The van der Waals surface area contributed by atoms with E-state index < -0.39 is 0 Å². The number of ether oxygens (including phenoxy) is 1. The zero-order valence-corrected chi connectivity index (χ0v) is 14.6. The summed E-state index contributed by atoms with van der Waals surface area (Å²) in [4.78, 5) is 8.68. The first kappa shape index (κ1) is 16.2. The van der Waals surface area contributed by atoms with E-state index in [0.717, 1.165) is 29.1 Å². The number of nitrogens with zero attached hydrogens (tertiary/aromatic N) is 3. The van der Waals surface area contributed by atoms with Crippen molar-refractivity contribution in [3.05, 3.63) is 42.5 Å². The van der Waals surface area contributed by atoms with Crippen LogP contribution in [0.3, 0.4) is 0 Å². The van der Waals surface area contributed by atoms with Crippen molar-refractivity contribution >= 4 is 39.7 Å². The summed E-state index contributed by atoms with van der Waals surface area (Å²) >= 11 is 5.44. The normalized spacial score (nSPS) is 10.6. The van der Waals surface area contributed by atoms with Gasteiger partial charge in [-0.05, 0) is 38.2 Å². The lowest BCUT2D eigenvalue weighted by molar-refractivity contribution is 0.416. The molecular weight excluding hydrogens is 322 g/mol. The van der Waals surface area contributed by atoms with Gasteiger partial charge in [-0.1, -0.05) is 6.07 Å². The largest absolute Gasteiger partial charge is 0.494 e. The van der Waals surface area contributed by atoms with Gasteiger partial charge in [-0.25, -0.2) is 4.98 Å². The summed E-state index contributed by atoms with van der Waals surface area (Å²) in [6, 6.07) is 7.73. The molecule has 0 fully saturated rings. The number of benzene rings is 1. The highest BCUT2D eigenvalue weighted by atomic mass is 32.1. The highest BCUT2D eigenvalue weighted by Gasteiger charge is 2.12. The second-order valence-electron chi connectivity index (χ2n) is 5.23. The molecule has 0 aliphatic heterocycles. The number of rotatable bonds is 4. The van der Waals surface area contributed by atoms with Gasteiger partial charge >= 0.3 is 0 Å². The monoisotopic (exact) mass is 341 g/mol. The number of pyridine rings is 1. The maximum absolute atomic E-state index is 5.44. The van der Waals surface area contributed by atoms with Crippen LogP contribution in [0, 0.1) is 6.92 Å². The van der Waals surface area contributed by atoms with E-state index in [1.54, 1.807) is 25.6 Å². The molecule has 0 unspecified atom stereocenters. The molecule has 0 saturated heterocycles. The van der Waals surface area contributed by atoms with Crippen LogP contribution in [-0.4, -0.2) is 26.8 Å². The van der Waals surface area contributed by atoms with Gasteiger partial charge in [0.25, 0.3) is 0 Å². The summed E-state index contributed by atoms with van der Waals surface area (Å²) in [7, 11) is 1.61. The van der Waals surface area contributed by atoms with Gasteiger partial charge < -0.3 is 19.9 Å². The number of aryl methyl sites for hydroxylation is 2. The smallest absolute Gasteiger partial charge is 0.175 e. The van der Waals surface area contributed by atoms with Crippen molar-refractivity contribution in [2.75, 3.05) is 17.7 Å². The lowest BCUT2D eigenvalue weighted by Crippen LogP contribution is -2.20. The van der Waals surface area contributed by atoms with Gasteiger partial charge in [0.05, 0.1) is 30.0 Å². The van der Waals surface area contributed by atoms with Crippen LogP contribution in [0.15, 0.2) is 36.7 Å². The van der Waals surface area contributed by atoms with Crippen molar-refractivity contribution in [1.29, 1.82) is 0 Å². The van der Waals surface area contributed by atoms with Gasteiger partial charge in [-0.15, -0.1) is 0 Å². The van der Waals surface area contributed by atoms with Crippen molar-refractivity contribution in [2.24, 2.45) is 0 Å². The van der Waals surface area contributed by atoms with Gasteiger partial charge in [-0.2, -0.15) is 0 Å². The van der Waals surface area contributed by atoms with Crippen molar-refractivity contribution < 1.29 is 4.74 Å². The Morgan fingerprint density at radius 3 is 2.79 bits per heavy atom. The summed E-state index contributed by atoms with van der Waals surface area (Å²) in [6.45, 7) is 4.95. The number of thiocarbonyl (C=S) groups is 1. The molecule has 2 heterocycles. The van der Waals surface area contributed by atoms with E-state index in [-0.39, 0.29) is 0 Å². The Kier molecular flexibility index (Phi) is 4.61. The Morgan fingerprint density at radius 2 is 2.04 bits per heavy atom. The number of hydrogen-bond donors (Lipinski definition) is 2. The first-order valence-electron chi connectivity index (χ1n) is 7.66. The fraction of sp³-hybridized carbons (Fsp3) is 0.235. The maximum Gasteiger partial charge on any atom is 0.175 e. The topological polar surface area (TPSA) is 64.0 Å². The predicted octanol–water partition coefficient (Wildman–Crippen LogP) is 3.58. The van der Waals surface area contributed by atoms with Crippen LogP contribution in [0.4, 0.5) is 11.4 Å². The first-order valence-corrected chi connectivity index (χ1v) is 8.06. The summed E-state index contributed by atoms with van der Waals surface area (Å²) in [5.41, 5.74) is 3.61. The molecule has 1 aromatic carbocycles. The van der Waals surface area contributed by atoms with E-state index >= 15 is 0 Å². The van der Waals surface area contributed by atoms with Crippen molar-refractivity contribution in [2.45, 2.75) is 20.4 Å². The summed E-state index contributed by atoms with van der Waals surface area (Å²) < 4.78 is 7.46. The number of imidazole rings is 1. The highest BCUT2D eigenvalue weighted by molar-refractivity contribution is 7.80. The van der Waals surface area contributed by atoms with E-state index in [0.29, 0.717) is 16.5 Å². The van der Waals surface area contributed by atoms with E-state index in [1.807, 2.05) is 25.1 Å². The molecule has 0 spiro atoms. The van der Waals surface area contributed by atoms with Crippen molar-refractivity contribution in [3.8, 4) is 5.75 Å². The molecule has 2 aromatic heterocycles. The second kappa shape index (κ2) is 6.84. The number of nitrogens with one attached hydrogen (secondary N) is 2. The molecular formula is C17H19N5OS. The highest BCUT2D eigenvalue weighted by Crippen LogP contribution is 2.26. The van der Waals surface area contributed by atoms with Crippen LogP contribution in [-0.2, 0) is 6.54 Å². The third kappa shape index (κ3) is 3.03. The molecule has 0 saturated carbocycles. The number of methoxy groups -OCH3 is 1. The zero-order valence-electron chi connectivity index (χ0n) is 13.8. The Morgan fingerprint density at radius 1 is 1.25 bits per heavy atom. The van der Waals surface area contributed by atoms with Gasteiger partial charge in [0.2, 0.25) is 0 Å². The average molecular weight is 341 g/mol. The molecule has 7 heteroatoms. The minimum Gasteiger partial charge on any atom is -0.494 e. The number of hydrogen-bond acceptors (Lipinski definition) is 4. The second-order valence-corrected chi connectivity index (χ2v) is 5.64. The Bertz CT molecular complexity index is 890. The van der Waals surface area contributed by atoms with Gasteiger partial charge in [0, 0.05) is 18.8 Å². The number of anilines is 2. The minimum absolute atomic E-state index is 0.468. The fourth-order valence-electron chi connectivity index (χ4n) is 2.72. The SMILES string of the molecule is CCn1c(C)nc2cccc(NC(=S)Nc3cnccc3OC)c21. The van der Waals surface area contributed by atoms with Crippen LogP contribution in [0.25, 0.3) is 11.0 Å². The molecule has 0 radical (unpaired) electrons. The Hall–Kier alpha value is -2.67. The minimum atomic E-state index is 0.468. The van der Waals surface area contributed by atoms with Gasteiger partial charge in [-0.3, -0.25) is 4.98 Å². The number of fused-ring (bicyclic) bond motifs is 1.